The summed E-state index contributed by atoms with van der Waals surface area (Å²) in [4.78, 5) is 24.7. The third-order valence-corrected chi connectivity index (χ3v) is 3.39. The van der Waals surface area contributed by atoms with Gasteiger partial charge in [0.15, 0.2) is 0 Å². The largest absolute Gasteiger partial charge is 0.461 e. The first-order valence-corrected chi connectivity index (χ1v) is 8.34. The molecule has 0 aliphatic heterocycles. The quantitative estimate of drug-likeness (QED) is 0.552. The molecule has 1 aromatic rings. The van der Waals surface area contributed by atoms with Crippen LogP contribution in [0.1, 0.15) is 46.6 Å². The van der Waals surface area contributed by atoms with Crippen LogP contribution < -0.4 is 0 Å². The number of allylic oxidation sites excluding steroid dienone is 1. The van der Waals surface area contributed by atoms with Crippen molar-refractivity contribution in [3.63, 3.8) is 0 Å². The fourth-order valence-corrected chi connectivity index (χ4v) is 2.11. The molecule has 0 amide bonds. The molecule has 0 radical (unpaired) electrons. The van der Waals surface area contributed by atoms with Gasteiger partial charge < -0.3 is 9.47 Å². The maximum absolute atomic E-state index is 12.4. The van der Waals surface area contributed by atoms with E-state index in [4.69, 9.17) is 9.47 Å². The van der Waals surface area contributed by atoms with Crippen molar-refractivity contribution in [3.05, 3.63) is 48.0 Å². The fraction of sp³-hybridized carbons (Fsp3) is 0.500. The number of benzene rings is 1. The highest BCUT2D eigenvalue weighted by Gasteiger charge is 2.32. The van der Waals surface area contributed by atoms with Crippen LogP contribution in [0, 0.1) is 11.8 Å². The van der Waals surface area contributed by atoms with Crippen LogP contribution in [0.5, 0.6) is 0 Å². The topological polar surface area (TPSA) is 52.6 Å². The van der Waals surface area contributed by atoms with Gasteiger partial charge in [-0.2, -0.15) is 0 Å². The number of carbonyl (C=O) groups excluding carboxylic acids is 2. The van der Waals surface area contributed by atoms with Crippen molar-refractivity contribution in [2.24, 2.45) is 11.8 Å². The van der Waals surface area contributed by atoms with Gasteiger partial charge in [-0.15, -0.1) is 0 Å². The van der Waals surface area contributed by atoms with E-state index >= 15 is 0 Å². The van der Waals surface area contributed by atoms with E-state index in [1.165, 1.54) is 0 Å². The average molecular weight is 332 g/mol. The summed E-state index contributed by atoms with van der Waals surface area (Å²) in [5.41, 5.74) is 0.319. The van der Waals surface area contributed by atoms with Gasteiger partial charge in [-0.25, -0.2) is 0 Å². The van der Waals surface area contributed by atoms with Gasteiger partial charge in [0.25, 0.3) is 0 Å². The minimum absolute atomic E-state index is 0.197. The van der Waals surface area contributed by atoms with E-state index in [2.05, 4.69) is 0 Å². The monoisotopic (exact) mass is 332 g/mol. The zero-order chi connectivity index (χ0) is 18.2. The van der Waals surface area contributed by atoms with Gasteiger partial charge in [0, 0.05) is 0 Å². The lowest BCUT2D eigenvalue weighted by atomic mass is 9.93. The van der Waals surface area contributed by atoms with Crippen LogP contribution in [-0.2, 0) is 25.7 Å². The molecule has 0 aliphatic rings. The minimum atomic E-state index is -0.646. The van der Waals surface area contributed by atoms with Gasteiger partial charge in [-0.3, -0.25) is 9.59 Å². The lowest BCUT2D eigenvalue weighted by Crippen LogP contribution is -2.34. The smallest absolute Gasteiger partial charge is 0.314 e. The summed E-state index contributed by atoms with van der Waals surface area (Å²) in [6.45, 7) is 9.29. The molecule has 2 unspecified atom stereocenters. The number of hydrogen-bond acceptors (Lipinski definition) is 4. The lowest BCUT2D eigenvalue weighted by Gasteiger charge is -2.25. The Morgan fingerprint density at radius 1 is 1.12 bits per heavy atom. The van der Waals surface area contributed by atoms with Crippen LogP contribution in [0.3, 0.4) is 0 Å². The van der Waals surface area contributed by atoms with Crippen LogP contribution in [-0.4, -0.2) is 17.5 Å². The molecule has 0 saturated carbocycles. The van der Waals surface area contributed by atoms with E-state index in [0.717, 1.165) is 12.0 Å². The summed E-state index contributed by atoms with van der Waals surface area (Å²) < 4.78 is 10.8. The first-order valence-electron chi connectivity index (χ1n) is 8.34. The van der Waals surface area contributed by atoms with Crippen LogP contribution in [0.15, 0.2) is 42.5 Å². The molecule has 0 N–H and O–H groups in total. The van der Waals surface area contributed by atoms with Crippen molar-refractivity contribution in [2.45, 2.75) is 53.2 Å². The molecule has 0 bridgehead atoms. The summed E-state index contributed by atoms with van der Waals surface area (Å²) in [5.74, 6) is -2.06. The molecule has 0 aromatic heterocycles. The minimum Gasteiger partial charge on any atom is -0.461 e. The molecular formula is C20H28O4. The molecule has 4 nitrogen and oxygen atoms in total. The highest BCUT2D eigenvalue weighted by Crippen LogP contribution is 2.21. The maximum Gasteiger partial charge on any atom is 0.314 e. The van der Waals surface area contributed by atoms with E-state index < -0.39 is 29.4 Å². The Kier molecular flexibility index (Phi) is 7.69. The van der Waals surface area contributed by atoms with Crippen molar-refractivity contribution >= 4 is 11.9 Å². The zero-order valence-electron chi connectivity index (χ0n) is 15.2. The molecule has 132 valence electrons. The van der Waals surface area contributed by atoms with Gasteiger partial charge in [0.2, 0.25) is 0 Å². The molecule has 0 aliphatic carbocycles. The Bertz CT molecular complexity index is 555. The molecule has 0 spiro atoms. The summed E-state index contributed by atoms with van der Waals surface area (Å²) in [5, 5.41) is 0. The molecular weight excluding hydrogens is 304 g/mol. The maximum atomic E-state index is 12.4. The van der Waals surface area contributed by atoms with E-state index in [1.807, 2.05) is 64.1 Å². The SMILES string of the molecule is CC/C=C/C(C(=O)OC(C)(C)C)C(C)C(=O)OCc1ccccc1. The van der Waals surface area contributed by atoms with Gasteiger partial charge in [0.05, 0.1) is 11.8 Å². The third-order valence-electron chi connectivity index (χ3n) is 3.39. The molecule has 4 heteroatoms. The van der Waals surface area contributed by atoms with E-state index in [9.17, 15) is 9.59 Å². The van der Waals surface area contributed by atoms with Crippen LogP contribution in [0.2, 0.25) is 0 Å². The molecule has 0 fully saturated rings. The van der Waals surface area contributed by atoms with Crippen LogP contribution in [0.4, 0.5) is 0 Å². The second-order valence-electron chi connectivity index (χ2n) is 6.78. The first kappa shape index (κ1) is 19.9. The van der Waals surface area contributed by atoms with Crippen LogP contribution in [0.25, 0.3) is 0 Å². The van der Waals surface area contributed by atoms with Crippen molar-refractivity contribution < 1.29 is 19.1 Å². The summed E-state index contributed by atoms with van der Waals surface area (Å²) in [6, 6.07) is 9.46. The second kappa shape index (κ2) is 9.26. The predicted molar refractivity (Wildman–Crippen MR) is 94.2 cm³/mol. The lowest BCUT2D eigenvalue weighted by molar-refractivity contribution is -0.165. The van der Waals surface area contributed by atoms with Crippen molar-refractivity contribution in [2.75, 3.05) is 0 Å². The highest BCUT2D eigenvalue weighted by atomic mass is 16.6. The fourth-order valence-electron chi connectivity index (χ4n) is 2.11. The normalized spacial score (nSPS) is 14.2. The van der Waals surface area contributed by atoms with Crippen molar-refractivity contribution in [3.8, 4) is 0 Å². The Hall–Kier alpha value is -2.10. The Balaban J connectivity index is 2.75. The number of ether oxygens (including phenoxy) is 2. The van der Waals surface area contributed by atoms with Gasteiger partial charge >= 0.3 is 11.9 Å². The molecule has 1 aromatic carbocycles. The van der Waals surface area contributed by atoms with Crippen molar-refractivity contribution in [1.82, 2.24) is 0 Å². The van der Waals surface area contributed by atoms with Gasteiger partial charge in [0.1, 0.15) is 12.2 Å². The first-order chi connectivity index (χ1) is 11.2. The number of hydrogen-bond donors (Lipinski definition) is 0. The standard InChI is InChI=1S/C20H28O4/c1-6-7-13-17(19(22)24-20(3,4)5)15(2)18(21)23-14-16-11-9-8-10-12-16/h7-13,15,17H,6,14H2,1-5H3/b13-7+. The zero-order valence-corrected chi connectivity index (χ0v) is 15.2. The Morgan fingerprint density at radius 2 is 1.75 bits per heavy atom. The third kappa shape index (κ3) is 6.99. The molecule has 1 rings (SSSR count). The number of carbonyl (C=O) groups is 2. The highest BCUT2D eigenvalue weighted by molar-refractivity contribution is 5.83. The van der Waals surface area contributed by atoms with E-state index in [0.29, 0.717) is 0 Å². The van der Waals surface area contributed by atoms with Gasteiger partial charge in [-0.1, -0.05) is 56.3 Å². The van der Waals surface area contributed by atoms with E-state index in [-0.39, 0.29) is 6.61 Å². The van der Waals surface area contributed by atoms with Crippen molar-refractivity contribution in [1.29, 1.82) is 0 Å². The Labute approximate surface area is 144 Å². The number of rotatable bonds is 7. The second-order valence-corrected chi connectivity index (χ2v) is 6.78. The van der Waals surface area contributed by atoms with Gasteiger partial charge in [-0.05, 0) is 32.8 Å². The van der Waals surface area contributed by atoms with Crippen LogP contribution >= 0.6 is 0 Å². The molecule has 0 saturated heterocycles. The summed E-state index contributed by atoms with van der Waals surface area (Å²) in [7, 11) is 0. The summed E-state index contributed by atoms with van der Waals surface area (Å²) in [6.07, 6.45) is 4.39. The molecule has 2 atom stereocenters. The molecule has 24 heavy (non-hydrogen) atoms. The number of esters is 2. The average Bonchev–Trinajstić information content (AvgIpc) is 2.52. The summed E-state index contributed by atoms with van der Waals surface area (Å²) >= 11 is 0. The predicted octanol–water partition coefficient (Wildman–Crippen LogP) is 4.29. The van der Waals surface area contributed by atoms with E-state index in [1.54, 1.807) is 13.0 Å². The Morgan fingerprint density at radius 3 is 2.29 bits per heavy atom. The molecule has 0 heterocycles.